The molecule has 3 rings (SSSR count). The van der Waals surface area contributed by atoms with E-state index in [1.54, 1.807) is 0 Å². The molecule has 104 valence electrons. The van der Waals surface area contributed by atoms with Crippen molar-refractivity contribution in [2.24, 2.45) is 0 Å². The molecule has 0 radical (unpaired) electrons. The van der Waals surface area contributed by atoms with Gasteiger partial charge in [-0.05, 0) is 18.6 Å². The van der Waals surface area contributed by atoms with Crippen LogP contribution in [-0.2, 0) is 16.0 Å². The van der Waals surface area contributed by atoms with Gasteiger partial charge in [-0.25, -0.2) is 4.98 Å². The molecule has 6 nitrogen and oxygen atoms in total. The average Bonchev–Trinajstić information content (AvgIpc) is 2.83. The van der Waals surface area contributed by atoms with Crippen LogP contribution in [0.4, 0.5) is 0 Å². The third-order valence-electron chi connectivity index (χ3n) is 3.39. The van der Waals surface area contributed by atoms with Crippen molar-refractivity contribution in [2.75, 3.05) is 6.54 Å². The Bertz CT molecular complexity index is 606. The lowest BCUT2D eigenvalue weighted by atomic mass is 10.1. The summed E-state index contributed by atoms with van der Waals surface area (Å²) in [7, 11) is 0. The number of pyridine rings is 1. The van der Waals surface area contributed by atoms with Gasteiger partial charge in [-0.2, -0.15) is 0 Å². The zero-order chi connectivity index (χ0) is 13.9. The number of rotatable bonds is 3. The monoisotopic (exact) mass is 272 g/mol. The second kappa shape index (κ2) is 5.32. The molecule has 2 aromatic rings. The summed E-state index contributed by atoms with van der Waals surface area (Å²) in [5.74, 6) is -0.00888. The van der Waals surface area contributed by atoms with Crippen LogP contribution >= 0.6 is 0 Å². The molecule has 3 heterocycles. The first-order valence-corrected chi connectivity index (χ1v) is 6.69. The standard InChI is InChI=1S/C14H16N4O2/c19-13-5-4-10(8-15-13)17-14(20)7-11-9-18-6-2-1-3-12(18)16-11/h1-3,6,9-10H,4-5,7-8H2,(H,15,19)(H,17,20). The zero-order valence-corrected chi connectivity index (χ0v) is 11.0. The number of amides is 2. The Kier molecular flexibility index (Phi) is 3.37. The number of aromatic nitrogens is 2. The Labute approximate surface area is 116 Å². The predicted octanol–water partition coefficient (Wildman–Crippen LogP) is 0.272. The molecule has 6 heteroatoms. The minimum atomic E-state index is -0.0606. The highest BCUT2D eigenvalue weighted by atomic mass is 16.2. The van der Waals surface area contributed by atoms with Crippen LogP contribution in [0.2, 0.25) is 0 Å². The lowest BCUT2D eigenvalue weighted by Gasteiger charge is -2.23. The van der Waals surface area contributed by atoms with Crippen molar-refractivity contribution >= 4 is 17.5 Å². The van der Waals surface area contributed by atoms with Gasteiger partial charge in [-0.1, -0.05) is 6.07 Å². The molecule has 0 bridgehead atoms. The first kappa shape index (κ1) is 12.7. The fourth-order valence-corrected chi connectivity index (χ4v) is 2.37. The van der Waals surface area contributed by atoms with Crippen LogP contribution in [0.5, 0.6) is 0 Å². The molecule has 0 aromatic carbocycles. The number of fused-ring (bicyclic) bond motifs is 1. The molecule has 2 aromatic heterocycles. The number of carbonyl (C=O) groups excluding carboxylic acids is 2. The number of nitrogens with zero attached hydrogens (tertiary/aromatic N) is 2. The van der Waals surface area contributed by atoms with E-state index in [9.17, 15) is 9.59 Å². The van der Waals surface area contributed by atoms with Crippen molar-refractivity contribution in [1.82, 2.24) is 20.0 Å². The summed E-state index contributed by atoms with van der Waals surface area (Å²) in [5, 5.41) is 5.68. The van der Waals surface area contributed by atoms with E-state index in [2.05, 4.69) is 15.6 Å². The smallest absolute Gasteiger partial charge is 0.226 e. The molecular weight excluding hydrogens is 256 g/mol. The summed E-state index contributed by atoms with van der Waals surface area (Å²) >= 11 is 0. The van der Waals surface area contributed by atoms with E-state index in [0.29, 0.717) is 19.4 Å². The SMILES string of the molecule is O=C1CCC(NC(=O)Cc2cn3ccccc3n2)CN1. The van der Waals surface area contributed by atoms with Gasteiger partial charge in [0, 0.05) is 31.4 Å². The van der Waals surface area contributed by atoms with Crippen molar-refractivity contribution < 1.29 is 9.59 Å². The van der Waals surface area contributed by atoms with Gasteiger partial charge in [0.15, 0.2) is 0 Å². The molecule has 2 N–H and O–H groups in total. The Morgan fingerprint density at radius 3 is 3.15 bits per heavy atom. The molecule has 1 aliphatic rings. The number of imidazole rings is 1. The lowest BCUT2D eigenvalue weighted by Crippen LogP contribution is -2.48. The van der Waals surface area contributed by atoms with Crippen molar-refractivity contribution in [3.63, 3.8) is 0 Å². The summed E-state index contributed by atoms with van der Waals surface area (Å²) in [5.41, 5.74) is 1.58. The molecule has 1 saturated heterocycles. The van der Waals surface area contributed by atoms with Crippen molar-refractivity contribution in [3.8, 4) is 0 Å². The first-order chi connectivity index (χ1) is 9.70. The van der Waals surface area contributed by atoms with Crippen molar-refractivity contribution in [1.29, 1.82) is 0 Å². The highest BCUT2D eigenvalue weighted by Crippen LogP contribution is 2.06. The van der Waals surface area contributed by atoms with Gasteiger partial charge in [0.2, 0.25) is 11.8 Å². The van der Waals surface area contributed by atoms with Gasteiger partial charge in [0.25, 0.3) is 0 Å². The molecule has 0 saturated carbocycles. The van der Waals surface area contributed by atoms with Gasteiger partial charge >= 0.3 is 0 Å². The van der Waals surface area contributed by atoms with E-state index < -0.39 is 0 Å². The lowest BCUT2D eigenvalue weighted by molar-refractivity contribution is -0.125. The van der Waals surface area contributed by atoms with Crippen LogP contribution in [0.1, 0.15) is 18.5 Å². The maximum absolute atomic E-state index is 12.0. The van der Waals surface area contributed by atoms with Crippen LogP contribution < -0.4 is 10.6 Å². The molecule has 0 spiro atoms. The maximum atomic E-state index is 12.0. The van der Waals surface area contributed by atoms with E-state index in [0.717, 1.165) is 11.3 Å². The number of hydrogen-bond acceptors (Lipinski definition) is 3. The Hall–Kier alpha value is -2.37. The Balaban J connectivity index is 1.59. The quantitative estimate of drug-likeness (QED) is 0.842. The van der Waals surface area contributed by atoms with Crippen molar-refractivity contribution in [2.45, 2.75) is 25.3 Å². The zero-order valence-electron chi connectivity index (χ0n) is 11.0. The van der Waals surface area contributed by atoms with E-state index in [1.165, 1.54) is 0 Å². The fourth-order valence-electron chi connectivity index (χ4n) is 2.37. The normalized spacial score (nSPS) is 18.8. The van der Waals surface area contributed by atoms with E-state index >= 15 is 0 Å². The third-order valence-corrected chi connectivity index (χ3v) is 3.39. The Morgan fingerprint density at radius 2 is 2.40 bits per heavy atom. The summed E-state index contributed by atoms with van der Waals surface area (Å²) in [6, 6.07) is 5.76. The summed E-state index contributed by atoms with van der Waals surface area (Å²) < 4.78 is 1.89. The van der Waals surface area contributed by atoms with E-state index in [-0.39, 0.29) is 24.3 Å². The van der Waals surface area contributed by atoms with Crippen LogP contribution in [0.15, 0.2) is 30.6 Å². The minimum absolute atomic E-state index is 0.0252. The molecule has 1 atom stereocenters. The Morgan fingerprint density at radius 1 is 1.50 bits per heavy atom. The molecular formula is C14H16N4O2. The van der Waals surface area contributed by atoms with Crippen LogP contribution in [0.3, 0.4) is 0 Å². The molecule has 20 heavy (non-hydrogen) atoms. The number of nitrogens with one attached hydrogen (secondary N) is 2. The fraction of sp³-hybridized carbons (Fsp3) is 0.357. The molecule has 1 unspecified atom stereocenters. The van der Waals surface area contributed by atoms with Gasteiger partial charge in [-0.3, -0.25) is 9.59 Å². The summed E-state index contributed by atoms with van der Waals surface area (Å²) in [4.78, 5) is 27.4. The summed E-state index contributed by atoms with van der Waals surface area (Å²) in [6.07, 6.45) is 5.19. The van der Waals surface area contributed by atoms with E-state index in [1.807, 2.05) is 35.0 Å². The molecule has 1 aliphatic heterocycles. The molecule has 1 fully saturated rings. The minimum Gasteiger partial charge on any atom is -0.354 e. The van der Waals surface area contributed by atoms with Gasteiger partial charge in [0.1, 0.15) is 5.65 Å². The largest absolute Gasteiger partial charge is 0.354 e. The van der Waals surface area contributed by atoms with Crippen LogP contribution in [-0.4, -0.2) is 33.8 Å². The van der Waals surface area contributed by atoms with Gasteiger partial charge in [0.05, 0.1) is 12.1 Å². The van der Waals surface area contributed by atoms with Gasteiger partial charge < -0.3 is 15.0 Å². The number of piperidine rings is 1. The number of hydrogen-bond donors (Lipinski definition) is 2. The number of carbonyl (C=O) groups is 2. The molecule has 2 amide bonds. The second-order valence-corrected chi connectivity index (χ2v) is 4.98. The van der Waals surface area contributed by atoms with Crippen LogP contribution in [0, 0.1) is 0 Å². The molecule has 0 aliphatic carbocycles. The van der Waals surface area contributed by atoms with Crippen LogP contribution in [0.25, 0.3) is 5.65 Å². The third kappa shape index (κ3) is 2.79. The topological polar surface area (TPSA) is 75.5 Å². The average molecular weight is 272 g/mol. The maximum Gasteiger partial charge on any atom is 0.226 e. The second-order valence-electron chi connectivity index (χ2n) is 4.98. The van der Waals surface area contributed by atoms with E-state index in [4.69, 9.17) is 0 Å². The highest BCUT2D eigenvalue weighted by Gasteiger charge is 2.19. The highest BCUT2D eigenvalue weighted by molar-refractivity contribution is 5.80. The predicted molar refractivity (Wildman–Crippen MR) is 73.1 cm³/mol. The first-order valence-electron chi connectivity index (χ1n) is 6.69. The van der Waals surface area contributed by atoms with Crippen molar-refractivity contribution in [3.05, 3.63) is 36.3 Å². The van der Waals surface area contributed by atoms with Gasteiger partial charge in [-0.15, -0.1) is 0 Å². The summed E-state index contributed by atoms with van der Waals surface area (Å²) in [6.45, 7) is 0.510.